The van der Waals surface area contributed by atoms with Gasteiger partial charge in [-0.15, -0.1) is 0 Å². The Morgan fingerprint density at radius 2 is 0.804 bits per heavy atom. The Morgan fingerprint density at radius 1 is 0.482 bits per heavy atom. The van der Waals surface area contributed by atoms with E-state index in [-0.39, 0.29) is 25.6 Å². The van der Waals surface area contributed by atoms with Crippen LogP contribution in [0.4, 0.5) is 0 Å². The van der Waals surface area contributed by atoms with Crippen molar-refractivity contribution in [2.75, 3.05) is 47.5 Å². The number of nitrogens with zero attached hydrogens (tertiary/aromatic N) is 1. The molecule has 0 aliphatic rings. The van der Waals surface area contributed by atoms with E-state index in [1.807, 2.05) is 21.1 Å². The normalized spacial score (nSPS) is 13.5. The summed E-state index contributed by atoms with van der Waals surface area (Å²) in [6.07, 6.45) is 40.3. The largest absolute Gasteiger partial charge is 0.472 e. The Labute approximate surface area is 346 Å². The maximum absolute atomic E-state index is 12.6. The second-order valence-electron chi connectivity index (χ2n) is 17.5. The molecule has 334 valence electrons. The molecule has 0 aromatic heterocycles. The highest BCUT2D eigenvalue weighted by molar-refractivity contribution is 7.47. The van der Waals surface area contributed by atoms with Gasteiger partial charge in [0, 0.05) is 12.8 Å². The summed E-state index contributed by atoms with van der Waals surface area (Å²) in [6.45, 7) is 4.44. The Balaban J connectivity index is 4.08. The number of phosphoric ester groups is 1. The summed E-state index contributed by atoms with van der Waals surface area (Å²) in [7, 11) is 1.49. The van der Waals surface area contributed by atoms with Crippen molar-refractivity contribution in [2.45, 2.75) is 238 Å². The molecule has 56 heavy (non-hydrogen) atoms. The first-order chi connectivity index (χ1) is 27.0. The number of hydrogen-bond acceptors (Lipinski definition) is 7. The molecule has 0 bridgehead atoms. The van der Waals surface area contributed by atoms with Crippen LogP contribution in [0, 0.1) is 0 Å². The number of ether oxygens (including phenoxy) is 2. The number of quaternary nitrogens is 1. The summed E-state index contributed by atoms with van der Waals surface area (Å²) in [5.74, 6) is -0.786. The number of hydrogen-bond donors (Lipinski definition) is 1. The highest BCUT2D eigenvalue weighted by Crippen LogP contribution is 2.43. The zero-order valence-electron chi connectivity index (χ0n) is 37.6. The fraction of sp³-hybridized carbons (Fsp3) is 0.957. The summed E-state index contributed by atoms with van der Waals surface area (Å²) in [6, 6.07) is 0. The van der Waals surface area contributed by atoms with Crippen LogP contribution < -0.4 is 0 Å². The third kappa shape index (κ3) is 42.6. The number of esters is 2. The summed E-state index contributed by atoms with van der Waals surface area (Å²) < 4.78 is 34.3. The fourth-order valence-electron chi connectivity index (χ4n) is 6.90. The van der Waals surface area contributed by atoms with Gasteiger partial charge in [-0.05, 0) is 12.8 Å². The predicted octanol–water partition coefficient (Wildman–Crippen LogP) is 13.6. The summed E-state index contributed by atoms with van der Waals surface area (Å²) in [5, 5.41) is 0. The monoisotopic (exact) mass is 819 g/mol. The van der Waals surface area contributed by atoms with Crippen LogP contribution in [-0.2, 0) is 32.7 Å². The van der Waals surface area contributed by atoms with Crippen molar-refractivity contribution in [2.24, 2.45) is 0 Å². The average Bonchev–Trinajstić information content (AvgIpc) is 3.15. The van der Waals surface area contributed by atoms with Crippen LogP contribution in [0.2, 0.25) is 0 Å². The summed E-state index contributed by atoms with van der Waals surface area (Å²) in [5.41, 5.74) is 0. The minimum Gasteiger partial charge on any atom is -0.462 e. The maximum atomic E-state index is 12.6. The van der Waals surface area contributed by atoms with Crippen molar-refractivity contribution < 1.29 is 42.1 Å². The maximum Gasteiger partial charge on any atom is 0.472 e. The van der Waals surface area contributed by atoms with Crippen LogP contribution in [0.15, 0.2) is 0 Å². The molecule has 0 saturated carbocycles. The predicted molar refractivity (Wildman–Crippen MR) is 234 cm³/mol. The second kappa shape index (κ2) is 39.5. The Hall–Kier alpha value is -0.990. The molecule has 0 heterocycles. The Morgan fingerprint density at radius 3 is 1.14 bits per heavy atom. The molecule has 0 saturated heterocycles. The number of likely N-dealkylation sites (N-methyl/N-ethyl adjacent to an activating group) is 1. The van der Waals surface area contributed by atoms with Crippen LogP contribution in [0.5, 0.6) is 0 Å². The van der Waals surface area contributed by atoms with Gasteiger partial charge in [-0.3, -0.25) is 18.6 Å². The fourth-order valence-corrected chi connectivity index (χ4v) is 7.64. The third-order valence-corrected chi connectivity index (χ3v) is 11.6. The van der Waals surface area contributed by atoms with Crippen LogP contribution in [-0.4, -0.2) is 74.9 Å². The average molecular weight is 819 g/mol. The van der Waals surface area contributed by atoms with Gasteiger partial charge < -0.3 is 18.9 Å². The minimum atomic E-state index is -4.36. The SMILES string of the molecule is CCCCCCCCCCCCCCCCCCCCCCCCCC(=O)OCC(COP(=O)(O)OCC[N+](C)(C)C)OC(=O)CCCCCCCCCCC. The lowest BCUT2D eigenvalue weighted by Crippen LogP contribution is -2.37. The van der Waals surface area contributed by atoms with Gasteiger partial charge >= 0.3 is 19.8 Å². The molecule has 0 radical (unpaired) electrons. The molecule has 1 N–H and O–H groups in total. The van der Waals surface area contributed by atoms with Gasteiger partial charge in [-0.25, -0.2) is 4.57 Å². The zero-order chi connectivity index (χ0) is 41.4. The highest BCUT2D eigenvalue weighted by Gasteiger charge is 2.27. The van der Waals surface area contributed by atoms with Crippen LogP contribution >= 0.6 is 7.82 Å². The molecule has 0 aliphatic carbocycles. The van der Waals surface area contributed by atoms with E-state index in [0.29, 0.717) is 23.9 Å². The first-order valence-corrected chi connectivity index (χ1v) is 25.3. The number of carbonyl (C=O) groups excluding carboxylic acids is 2. The van der Waals surface area contributed by atoms with Crippen molar-refractivity contribution in [3.05, 3.63) is 0 Å². The van der Waals surface area contributed by atoms with Crippen molar-refractivity contribution in [1.82, 2.24) is 0 Å². The summed E-state index contributed by atoms with van der Waals surface area (Å²) in [4.78, 5) is 35.3. The number of unbranched alkanes of at least 4 members (excludes halogenated alkanes) is 30. The van der Waals surface area contributed by atoms with E-state index in [2.05, 4.69) is 13.8 Å². The van der Waals surface area contributed by atoms with E-state index in [4.69, 9.17) is 18.5 Å². The van der Waals surface area contributed by atoms with Gasteiger partial charge in [0.05, 0.1) is 27.7 Å². The first kappa shape index (κ1) is 55.0. The highest BCUT2D eigenvalue weighted by atomic mass is 31.2. The molecule has 0 fully saturated rings. The van der Waals surface area contributed by atoms with Gasteiger partial charge in [0.25, 0.3) is 0 Å². The van der Waals surface area contributed by atoms with E-state index < -0.39 is 26.5 Å². The lowest BCUT2D eigenvalue weighted by atomic mass is 10.0. The molecular formula is C46H93NO8P+. The molecule has 10 heteroatoms. The smallest absolute Gasteiger partial charge is 0.462 e. The lowest BCUT2D eigenvalue weighted by Gasteiger charge is -2.24. The van der Waals surface area contributed by atoms with Gasteiger partial charge in [-0.2, -0.15) is 0 Å². The third-order valence-electron chi connectivity index (χ3n) is 10.6. The molecule has 9 nitrogen and oxygen atoms in total. The molecule has 0 aliphatic heterocycles. The number of carbonyl (C=O) groups is 2. The van der Waals surface area contributed by atoms with Crippen molar-refractivity contribution in [3.63, 3.8) is 0 Å². The van der Waals surface area contributed by atoms with E-state index in [0.717, 1.165) is 32.1 Å². The zero-order valence-corrected chi connectivity index (χ0v) is 38.5. The van der Waals surface area contributed by atoms with Gasteiger partial charge in [0.2, 0.25) is 0 Å². The molecule has 0 spiro atoms. The van der Waals surface area contributed by atoms with E-state index >= 15 is 0 Å². The van der Waals surface area contributed by atoms with Crippen LogP contribution in [0.1, 0.15) is 232 Å². The van der Waals surface area contributed by atoms with Crippen molar-refractivity contribution >= 4 is 19.8 Å². The van der Waals surface area contributed by atoms with Crippen molar-refractivity contribution in [3.8, 4) is 0 Å². The molecule has 2 unspecified atom stereocenters. The van der Waals surface area contributed by atoms with Crippen molar-refractivity contribution in [1.29, 1.82) is 0 Å². The Kier molecular flexibility index (Phi) is 38.8. The lowest BCUT2D eigenvalue weighted by molar-refractivity contribution is -0.870. The minimum absolute atomic E-state index is 0.0366. The summed E-state index contributed by atoms with van der Waals surface area (Å²) >= 11 is 0. The Bertz CT molecular complexity index is 927. The molecular weight excluding hydrogens is 725 g/mol. The molecule has 2 atom stereocenters. The molecule has 0 aromatic carbocycles. The first-order valence-electron chi connectivity index (χ1n) is 23.8. The van der Waals surface area contributed by atoms with Crippen LogP contribution in [0.25, 0.3) is 0 Å². The molecule has 0 rings (SSSR count). The van der Waals surface area contributed by atoms with Crippen LogP contribution in [0.3, 0.4) is 0 Å². The number of phosphoric acid groups is 1. The standard InChI is InChI=1S/C46H92NO8P/c1-6-8-10-12-14-16-17-18-19-20-21-22-23-24-25-26-27-28-29-31-32-34-36-38-45(48)52-42-44(43-54-56(50,51)53-41-40-47(3,4)5)55-46(49)39-37-35-33-30-15-13-11-9-7-2/h44H,6-43H2,1-5H3/p+1. The van der Waals surface area contributed by atoms with E-state index in [1.165, 1.54) is 167 Å². The van der Waals surface area contributed by atoms with Gasteiger partial charge in [0.15, 0.2) is 6.10 Å². The quantitative estimate of drug-likeness (QED) is 0.0280. The number of rotatable bonds is 44. The second-order valence-corrected chi connectivity index (χ2v) is 19.0. The molecule has 0 aromatic rings. The van der Waals surface area contributed by atoms with Gasteiger partial charge in [-0.1, -0.05) is 206 Å². The topological polar surface area (TPSA) is 108 Å². The molecule has 0 amide bonds. The van der Waals surface area contributed by atoms with Gasteiger partial charge in [0.1, 0.15) is 19.8 Å². The van der Waals surface area contributed by atoms with E-state index in [9.17, 15) is 19.0 Å². The van der Waals surface area contributed by atoms with E-state index in [1.54, 1.807) is 0 Å².